The topological polar surface area (TPSA) is 65.7 Å². The maximum Gasteiger partial charge on any atom is 0.226 e. The first-order chi connectivity index (χ1) is 14.1. The largest absolute Gasteiger partial charge is 0.444 e. The molecule has 1 unspecified atom stereocenters. The number of nitrogens with one attached hydrogen (secondary N) is 2. The van der Waals surface area contributed by atoms with Crippen LogP contribution in [0.2, 0.25) is 5.02 Å². The number of likely N-dealkylation sites (N-methyl/N-ethyl adjacent to an activating group) is 1. The maximum absolute atomic E-state index is 6.01. The van der Waals surface area contributed by atoms with Gasteiger partial charge in [0.25, 0.3) is 0 Å². The standard InChI is InChI=1S/C22H26ClN5O/c1-24-22(26-14-20(28(2)3)16-9-11-18(23)12-10-16)25-13-19-15-29-21(27-19)17-7-5-4-6-8-17/h4-12,15,20H,13-14H2,1-3H3,(H2,24,25,26). The molecule has 0 fully saturated rings. The molecule has 0 saturated heterocycles. The van der Waals surface area contributed by atoms with E-state index in [0.717, 1.165) is 16.3 Å². The molecule has 0 spiro atoms. The third-order valence-corrected chi connectivity index (χ3v) is 4.83. The van der Waals surface area contributed by atoms with Gasteiger partial charge in [-0.1, -0.05) is 41.9 Å². The lowest BCUT2D eigenvalue weighted by molar-refractivity contribution is 0.298. The quantitative estimate of drug-likeness (QED) is 0.455. The number of hydrogen-bond acceptors (Lipinski definition) is 4. The van der Waals surface area contributed by atoms with Gasteiger partial charge in [-0.15, -0.1) is 0 Å². The van der Waals surface area contributed by atoms with Crippen LogP contribution >= 0.6 is 11.6 Å². The van der Waals surface area contributed by atoms with E-state index in [1.54, 1.807) is 13.3 Å². The fourth-order valence-corrected chi connectivity index (χ4v) is 3.10. The Balaban J connectivity index is 1.56. The Morgan fingerprint density at radius 2 is 1.83 bits per heavy atom. The Labute approximate surface area is 176 Å². The summed E-state index contributed by atoms with van der Waals surface area (Å²) in [6, 6.07) is 17.9. The van der Waals surface area contributed by atoms with Gasteiger partial charge >= 0.3 is 0 Å². The third-order valence-electron chi connectivity index (χ3n) is 4.57. The van der Waals surface area contributed by atoms with Crippen molar-refractivity contribution in [1.82, 2.24) is 20.5 Å². The van der Waals surface area contributed by atoms with Gasteiger partial charge in [0.05, 0.1) is 18.3 Å². The van der Waals surface area contributed by atoms with E-state index in [1.807, 2.05) is 54.6 Å². The Hall–Kier alpha value is -2.83. The number of aromatic nitrogens is 1. The smallest absolute Gasteiger partial charge is 0.226 e. The highest BCUT2D eigenvalue weighted by atomic mass is 35.5. The minimum Gasteiger partial charge on any atom is -0.444 e. The maximum atomic E-state index is 6.01. The van der Waals surface area contributed by atoms with Crippen LogP contribution in [0.25, 0.3) is 11.5 Å². The highest BCUT2D eigenvalue weighted by Crippen LogP contribution is 2.20. The summed E-state index contributed by atoms with van der Waals surface area (Å²) in [5, 5.41) is 7.40. The van der Waals surface area contributed by atoms with Crippen molar-refractivity contribution < 1.29 is 4.42 Å². The molecule has 3 rings (SSSR count). The van der Waals surface area contributed by atoms with Gasteiger partial charge in [0, 0.05) is 24.2 Å². The van der Waals surface area contributed by atoms with Crippen molar-refractivity contribution in [3.63, 3.8) is 0 Å². The van der Waals surface area contributed by atoms with E-state index >= 15 is 0 Å². The van der Waals surface area contributed by atoms with Gasteiger partial charge < -0.3 is 20.0 Å². The fraction of sp³-hybridized carbons (Fsp3) is 0.273. The van der Waals surface area contributed by atoms with Crippen LogP contribution in [-0.2, 0) is 6.54 Å². The molecular weight excluding hydrogens is 386 g/mol. The van der Waals surface area contributed by atoms with Gasteiger partial charge in [-0.25, -0.2) is 4.98 Å². The van der Waals surface area contributed by atoms with Crippen molar-refractivity contribution in [1.29, 1.82) is 0 Å². The first-order valence-electron chi connectivity index (χ1n) is 9.43. The minimum atomic E-state index is 0.183. The van der Waals surface area contributed by atoms with Gasteiger partial charge in [0.15, 0.2) is 5.96 Å². The Kier molecular flexibility index (Phi) is 7.27. The molecule has 1 aromatic heterocycles. The summed E-state index contributed by atoms with van der Waals surface area (Å²) in [5.74, 6) is 1.32. The van der Waals surface area contributed by atoms with E-state index in [1.165, 1.54) is 5.56 Å². The van der Waals surface area contributed by atoms with Crippen LogP contribution in [0.3, 0.4) is 0 Å². The lowest BCUT2D eigenvalue weighted by Crippen LogP contribution is -2.41. The van der Waals surface area contributed by atoms with Crippen LogP contribution in [0.4, 0.5) is 0 Å². The summed E-state index contributed by atoms with van der Waals surface area (Å²) in [6.07, 6.45) is 1.67. The Morgan fingerprint density at radius 3 is 2.48 bits per heavy atom. The fourth-order valence-electron chi connectivity index (χ4n) is 2.97. The molecule has 0 radical (unpaired) electrons. The molecule has 0 aliphatic rings. The summed E-state index contributed by atoms with van der Waals surface area (Å²) < 4.78 is 5.58. The zero-order valence-electron chi connectivity index (χ0n) is 16.9. The van der Waals surface area contributed by atoms with E-state index in [0.29, 0.717) is 24.9 Å². The monoisotopic (exact) mass is 411 g/mol. The summed E-state index contributed by atoms with van der Waals surface area (Å²) in [4.78, 5) is 11.0. The van der Waals surface area contributed by atoms with Gasteiger partial charge in [-0.05, 0) is 43.9 Å². The second kappa shape index (κ2) is 10.1. The Morgan fingerprint density at radius 1 is 1.10 bits per heavy atom. The number of guanidine groups is 1. The molecule has 0 aliphatic carbocycles. The summed E-state index contributed by atoms with van der Waals surface area (Å²) in [7, 11) is 5.86. The van der Waals surface area contributed by atoms with E-state index in [9.17, 15) is 0 Å². The number of nitrogens with zero attached hydrogens (tertiary/aromatic N) is 3. The highest BCUT2D eigenvalue weighted by molar-refractivity contribution is 6.30. The molecular formula is C22H26ClN5O. The predicted molar refractivity (Wildman–Crippen MR) is 118 cm³/mol. The second-order valence-corrected chi connectivity index (χ2v) is 7.28. The molecule has 3 aromatic rings. The van der Waals surface area contributed by atoms with Crippen LogP contribution in [0.5, 0.6) is 0 Å². The van der Waals surface area contributed by atoms with Gasteiger partial charge in [-0.2, -0.15) is 0 Å². The number of rotatable bonds is 7. The second-order valence-electron chi connectivity index (χ2n) is 6.85. The molecule has 1 atom stereocenters. The first-order valence-corrected chi connectivity index (χ1v) is 9.81. The van der Waals surface area contributed by atoms with Crippen LogP contribution in [0.15, 0.2) is 70.3 Å². The summed E-state index contributed by atoms with van der Waals surface area (Å²) in [6.45, 7) is 1.21. The zero-order valence-corrected chi connectivity index (χ0v) is 17.6. The molecule has 6 nitrogen and oxygen atoms in total. The van der Waals surface area contributed by atoms with Crippen molar-refractivity contribution in [3.05, 3.63) is 77.1 Å². The number of benzene rings is 2. The van der Waals surface area contributed by atoms with Gasteiger partial charge in [0.2, 0.25) is 5.89 Å². The average Bonchev–Trinajstić information content (AvgIpc) is 3.21. The van der Waals surface area contributed by atoms with E-state index in [-0.39, 0.29) is 6.04 Å². The predicted octanol–water partition coefficient (Wildman–Crippen LogP) is 3.96. The molecule has 29 heavy (non-hydrogen) atoms. The Bertz CT molecular complexity index is 922. The number of oxazole rings is 1. The van der Waals surface area contributed by atoms with Crippen LogP contribution in [0, 0.1) is 0 Å². The minimum absolute atomic E-state index is 0.183. The van der Waals surface area contributed by atoms with Crippen molar-refractivity contribution in [2.75, 3.05) is 27.7 Å². The van der Waals surface area contributed by atoms with E-state index in [4.69, 9.17) is 16.0 Å². The molecule has 0 aliphatic heterocycles. The normalized spacial score (nSPS) is 12.8. The third kappa shape index (κ3) is 5.82. The van der Waals surface area contributed by atoms with Crippen molar-refractivity contribution >= 4 is 17.6 Å². The molecule has 2 N–H and O–H groups in total. The van der Waals surface area contributed by atoms with Crippen LogP contribution < -0.4 is 10.6 Å². The van der Waals surface area contributed by atoms with Gasteiger partial charge in [0.1, 0.15) is 6.26 Å². The van der Waals surface area contributed by atoms with Crippen LogP contribution in [-0.4, -0.2) is 43.5 Å². The first kappa shape index (κ1) is 20.9. The van der Waals surface area contributed by atoms with Crippen LogP contribution in [0.1, 0.15) is 17.3 Å². The number of halogens is 1. The SMILES string of the molecule is CN=C(NCc1coc(-c2ccccc2)n1)NCC(c1ccc(Cl)cc1)N(C)C. The molecule has 0 bridgehead atoms. The van der Waals surface area contributed by atoms with Crippen molar-refractivity contribution in [2.45, 2.75) is 12.6 Å². The van der Waals surface area contributed by atoms with Crippen molar-refractivity contribution in [2.24, 2.45) is 4.99 Å². The lowest BCUT2D eigenvalue weighted by atomic mass is 10.1. The highest BCUT2D eigenvalue weighted by Gasteiger charge is 2.15. The lowest BCUT2D eigenvalue weighted by Gasteiger charge is -2.26. The summed E-state index contributed by atoms with van der Waals surface area (Å²) >= 11 is 6.01. The molecule has 7 heteroatoms. The average molecular weight is 412 g/mol. The molecule has 2 aromatic carbocycles. The van der Waals surface area contributed by atoms with E-state index in [2.05, 4.69) is 39.6 Å². The number of hydrogen-bond donors (Lipinski definition) is 2. The van der Waals surface area contributed by atoms with Gasteiger partial charge in [-0.3, -0.25) is 4.99 Å². The zero-order chi connectivity index (χ0) is 20.6. The molecule has 0 amide bonds. The molecule has 0 saturated carbocycles. The summed E-state index contributed by atoms with van der Waals surface area (Å²) in [5.41, 5.74) is 2.96. The molecule has 1 heterocycles. The molecule has 152 valence electrons. The van der Waals surface area contributed by atoms with E-state index < -0.39 is 0 Å². The number of aliphatic imine (C=N–C) groups is 1. The van der Waals surface area contributed by atoms with Crippen molar-refractivity contribution in [3.8, 4) is 11.5 Å².